The van der Waals surface area contributed by atoms with Crippen LogP contribution in [0.25, 0.3) is 0 Å². The first kappa shape index (κ1) is 33.4. The van der Waals surface area contributed by atoms with E-state index >= 15 is 0 Å². The van der Waals surface area contributed by atoms with Gasteiger partial charge in [0.25, 0.3) is 11.6 Å². The fourth-order valence-electron chi connectivity index (χ4n) is 5.97. The predicted octanol–water partition coefficient (Wildman–Crippen LogP) is -0.492. The zero-order valence-electron chi connectivity index (χ0n) is 25.8. The molecule has 16 heteroatoms. The molecule has 0 bridgehead atoms. The first-order valence-electron chi connectivity index (χ1n) is 14.8. The summed E-state index contributed by atoms with van der Waals surface area (Å²) in [5, 5.41) is 5.85. The van der Waals surface area contributed by atoms with Crippen LogP contribution in [-0.4, -0.2) is 103 Å². The molecule has 3 N–H and O–H groups in total. The lowest BCUT2D eigenvalue weighted by Crippen LogP contribution is -2.86. The standard InChI is InChI=1S/C31H34N6O9S/c1-4-35-15-16-36(25(41)24(35)40)29(44)33-21(20-13-9-6-10-14-20)23(39)34-31(32-18-38)27(43)37-22(30(2,3)47(45)28(31)37)26(42)46-17-19-11-7-5-8-12-19/h5-14,18,21-22,28H,4,15-17H2,1-3H3,(H,32,38)(H,33,44)(H,34,39)/t21?,22-,28+,31+,47?/m0/s1. The Morgan fingerprint density at radius 2 is 1.66 bits per heavy atom. The summed E-state index contributed by atoms with van der Waals surface area (Å²) in [6, 6.07) is 12.8. The Labute approximate surface area is 273 Å². The van der Waals surface area contributed by atoms with Crippen molar-refractivity contribution < 1.29 is 42.9 Å². The normalized spacial score (nSPS) is 25.3. The Morgan fingerprint density at radius 3 is 2.28 bits per heavy atom. The second-order valence-electron chi connectivity index (χ2n) is 11.7. The lowest BCUT2D eigenvalue weighted by molar-refractivity contribution is -0.174. The van der Waals surface area contributed by atoms with Crippen molar-refractivity contribution in [3.05, 3.63) is 71.8 Å². The molecular formula is C31H34N6O9S. The van der Waals surface area contributed by atoms with Gasteiger partial charge in [-0.3, -0.25) is 33.8 Å². The predicted molar refractivity (Wildman–Crippen MR) is 165 cm³/mol. The highest BCUT2D eigenvalue weighted by molar-refractivity contribution is 7.94. The number of esters is 1. The quantitative estimate of drug-likeness (QED) is 0.0748. The molecule has 0 aromatic heterocycles. The molecule has 0 saturated carbocycles. The number of rotatable bonds is 10. The maximum Gasteiger partial charge on any atom is 0.334 e. The molecule has 2 aromatic carbocycles. The Hall–Kier alpha value is -4.96. The van der Waals surface area contributed by atoms with Gasteiger partial charge in [-0.2, -0.15) is 0 Å². The van der Waals surface area contributed by atoms with Crippen molar-refractivity contribution in [2.45, 2.75) is 55.2 Å². The molecule has 3 aliphatic rings. The third kappa shape index (κ3) is 5.78. The number of carbonyl (C=O) groups is 7. The highest BCUT2D eigenvalue weighted by Gasteiger charge is 2.80. The summed E-state index contributed by atoms with van der Waals surface area (Å²) in [6.07, 6.45) is 0.161. The Kier molecular flexibility index (Phi) is 9.27. The molecule has 47 heavy (non-hydrogen) atoms. The van der Waals surface area contributed by atoms with Gasteiger partial charge in [-0.25, -0.2) is 9.59 Å². The topological polar surface area (TPSA) is 198 Å². The minimum absolute atomic E-state index is 0.0971. The van der Waals surface area contributed by atoms with Gasteiger partial charge in [0.05, 0.1) is 0 Å². The van der Waals surface area contributed by atoms with Crippen molar-refractivity contribution >= 4 is 53.2 Å². The molecule has 7 amide bonds. The highest BCUT2D eigenvalue weighted by atomic mass is 32.2. The molecule has 248 valence electrons. The largest absolute Gasteiger partial charge is 0.614 e. The van der Waals surface area contributed by atoms with Gasteiger partial charge >= 0.3 is 23.8 Å². The van der Waals surface area contributed by atoms with Crippen LogP contribution in [0, 0.1) is 0 Å². The van der Waals surface area contributed by atoms with Gasteiger partial charge in [0.15, 0.2) is 10.8 Å². The number of urea groups is 1. The van der Waals surface area contributed by atoms with Gasteiger partial charge in [0.1, 0.15) is 12.6 Å². The summed E-state index contributed by atoms with van der Waals surface area (Å²) in [7, 11) is 0. The minimum atomic E-state index is -2.24. The van der Waals surface area contributed by atoms with E-state index in [2.05, 4.69) is 16.0 Å². The van der Waals surface area contributed by atoms with E-state index in [0.29, 0.717) is 10.5 Å². The van der Waals surface area contributed by atoms with E-state index < -0.39 is 74.7 Å². The molecule has 3 saturated heterocycles. The van der Waals surface area contributed by atoms with E-state index in [1.165, 1.54) is 30.9 Å². The fraction of sp³-hybridized carbons (Fsp3) is 0.387. The molecular weight excluding hydrogens is 632 g/mol. The van der Waals surface area contributed by atoms with E-state index in [1.807, 2.05) is 0 Å². The number of likely N-dealkylation sites (N-methyl/N-ethyl adjacent to an activating group) is 1. The van der Waals surface area contributed by atoms with Gasteiger partial charge in [0.2, 0.25) is 17.7 Å². The monoisotopic (exact) mass is 666 g/mol. The van der Waals surface area contributed by atoms with Crippen molar-refractivity contribution in [1.82, 2.24) is 30.7 Å². The molecule has 5 rings (SSSR count). The number of imide groups is 1. The van der Waals surface area contributed by atoms with Crippen LogP contribution in [0.4, 0.5) is 4.79 Å². The van der Waals surface area contributed by atoms with Crippen LogP contribution in [0.1, 0.15) is 37.9 Å². The summed E-state index contributed by atoms with van der Waals surface area (Å²) >= 11 is -2.03. The second kappa shape index (κ2) is 13.0. The van der Waals surface area contributed by atoms with E-state index in [9.17, 15) is 38.1 Å². The van der Waals surface area contributed by atoms with Crippen molar-refractivity contribution in [3.63, 3.8) is 0 Å². The van der Waals surface area contributed by atoms with E-state index in [-0.39, 0.29) is 38.2 Å². The average Bonchev–Trinajstić information content (AvgIpc) is 3.27. The van der Waals surface area contributed by atoms with Gasteiger partial charge in [-0.15, -0.1) is 0 Å². The van der Waals surface area contributed by atoms with Crippen LogP contribution in [0.5, 0.6) is 0 Å². The average molecular weight is 667 g/mol. The molecule has 0 spiro atoms. The molecule has 0 radical (unpaired) electrons. The van der Waals surface area contributed by atoms with E-state index in [0.717, 1.165) is 4.90 Å². The lowest BCUT2D eigenvalue weighted by Gasteiger charge is -2.50. The molecule has 2 unspecified atom stereocenters. The third-order valence-corrected chi connectivity index (χ3v) is 10.8. The number of piperazine rings is 1. The van der Waals surface area contributed by atoms with Crippen LogP contribution >= 0.6 is 0 Å². The summed E-state index contributed by atoms with van der Waals surface area (Å²) in [5.74, 6) is -4.67. The number of benzene rings is 2. The Bertz CT molecular complexity index is 1590. The Balaban J connectivity index is 1.39. The summed E-state index contributed by atoms with van der Waals surface area (Å²) in [6.45, 7) is 4.88. The van der Waals surface area contributed by atoms with Gasteiger partial charge in [0, 0.05) is 19.6 Å². The van der Waals surface area contributed by atoms with Crippen LogP contribution < -0.4 is 16.0 Å². The van der Waals surface area contributed by atoms with Crippen LogP contribution in [-0.2, 0) is 51.3 Å². The maximum atomic E-state index is 13.9. The first-order valence-corrected chi connectivity index (χ1v) is 16.0. The second-order valence-corrected chi connectivity index (χ2v) is 13.7. The first-order chi connectivity index (χ1) is 22.4. The van der Waals surface area contributed by atoms with Crippen molar-refractivity contribution in [3.8, 4) is 0 Å². The molecule has 3 aliphatic heterocycles. The zero-order chi connectivity index (χ0) is 34.1. The van der Waals surface area contributed by atoms with Crippen molar-refractivity contribution in [2.75, 3.05) is 19.6 Å². The fourth-order valence-corrected chi connectivity index (χ4v) is 7.95. The zero-order valence-corrected chi connectivity index (χ0v) is 26.7. The number of nitrogens with zero attached hydrogens (tertiary/aromatic N) is 3. The number of carbonyl (C=O) groups excluding carboxylic acids is 7. The number of nitrogens with one attached hydrogen (secondary N) is 3. The lowest BCUT2D eigenvalue weighted by atomic mass is 9.90. The van der Waals surface area contributed by atoms with E-state index in [1.54, 1.807) is 55.5 Å². The van der Waals surface area contributed by atoms with Crippen LogP contribution in [0.15, 0.2) is 60.7 Å². The summed E-state index contributed by atoms with van der Waals surface area (Å²) in [4.78, 5) is 94.3. The maximum absolute atomic E-state index is 13.9. The molecule has 15 nitrogen and oxygen atoms in total. The summed E-state index contributed by atoms with van der Waals surface area (Å²) in [5.41, 5.74) is -1.31. The number of fused-ring (bicyclic) bond motifs is 1. The van der Waals surface area contributed by atoms with Gasteiger partial charge < -0.3 is 30.1 Å². The minimum Gasteiger partial charge on any atom is -0.614 e. The Morgan fingerprint density at radius 1 is 1.02 bits per heavy atom. The molecule has 3 heterocycles. The molecule has 5 atom stereocenters. The number of hydrogen-bond donors (Lipinski definition) is 3. The number of amides is 7. The van der Waals surface area contributed by atoms with Gasteiger partial charge in [-0.05, 0) is 43.1 Å². The smallest absolute Gasteiger partial charge is 0.334 e. The van der Waals surface area contributed by atoms with Crippen LogP contribution in [0.2, 0.25) is 0 Å². The van der Waals surface area contributed by atoms with Gasteiger partial charge in [-0.1, -0.05) is 60.7 Å². The van der Waals surface area contributed by atoms with Crippen LogP contribution in [0.3, 0.4) is 0 Å². The SMILES string of the molecule is CCN1CCN(C(=O)NC(C(=O)N[C@]2(NC=O)C(=O)N3[C@@H](C(=O)OCc4ccccc4)C(C)(C)[S+]([O-])[C@@H]32)c2ccccc2)C(=O)C1=O. The molecule has 3 fully saturated rings. The summed E-state index contributed by atoms with van der Waals surface area (Å²) < 4.78 is 18.0. The van der Waals surface area contributed by atoms with Crippen molar-refractivity contribution in [1.29, 1.82) is 0 Å². The van der Waals surface area contributed by atoms with Crippen molar-refractivity contribution in [2.24, 2.45) is 0 Å². The molecule has 0 aliphatic carbocycles. The number of β-lactam (4-membered cyclic amide) rings is 1. The third-order valence-electron chi connectivity index (χ3n) is 8.51. The highest BCUT2D eigenvalue weighted by Crippen LogP contribution is 2.50. The molecule has 2 aromatic rings. The van der Waals surface area contributed by atoms with E-state index in [4.69, 9.17) is 4.74 Å². The number of hydrogen-bond acceptors (Lipinski definition) is 9. The number of ether oxygens (including phenoxy) is 1.